The number of hydrogen-bond donors (Lipinski definition) is 1. The number of nitrogens with one attached hydrogen (secondary N) is 1. The van der Waals surface area contributed by atoms with Crippen LogP contribution in [0.25, 0.3) is 0 Å². The number of nitrogens with zero attached hydrogens (tertiary/aromatic N) is 1. The zero-order chi connectivity index (χ0) is 14.5. The number of hydrogen-bond acceptors (Lipinski definition) is 1. The topological polar surface area (TPSA) is 32.3 Å². The van der Waals surface area contributed by atoms with Crippen molar-refractivity contribution in [2.45, 2.75) is 6.54 Å². The van der Waals surface area contributed by atoms with Crippen LogP contribution in [0.2, 0.25) is 5.02 Å². The highest BCUT2D eigenvalue weighted by Gasteiger charge is 2.11. The Morgan fingerprint density at radius 2 is 2.00 bits per heavy atom. The summed E-state index contributed by atoms with van der Waals surface area (Å²) in [6.45, 7) is 0.390. The molecular weight excluding hydrogens is 279 g/mol. The van der Waals surface area contributed by atoms with Crippen molar-refractivity contribution in [2.75, 3.05) is 12.4 Å². The van der Waals surface area contributed by atoms with Crippen LogP contribution in [-0.4, -0.2) is 18.0 Å². The minimum Gasteiger partial charge on any atom is -0.323 e. The molecule has 104 valence electrons. The third-order valence-corrected chi connectivity index (χ3v) is 3.01. The fourth-order valence-corrected chi connectivity index (χ4v) is 1.97. The van der Waals surface area contributed by atoms with E-state index in [9.17, 15) is 9.18 Å². The van der Waals surface area contributed by atoms with Gasteiger partial charge in [0.1, 0.15) is 5.82 Å². The lowest BCUT2D eigenvalue weighted by atomic mass is 10.2. The summed E-state index contributed by atoms with van der Waals surface area (Å²) in [5, 5.41) is 3.14. The van der Waals surface area contributed by atoms with Gasteiger partial charge < -0.3 is 10.2 Å². The summed E-state index contributed by atoms with van der Waals surface area (Å²) in [6, 6.07) is 12.9. The van der Waals surface area contributed by atoms with Crippen molar-refractivity contribution in [1.29, 1.82) is 0 Å². The maximum Gasteiger partial charge on any atom is 0.321 e. The van der Waals surface area contributed by atoms with Crippen molar-refractivity contribution >= 4 is 23.3 Å². The Morgan fingerprint density at radius 1 is 1.25 bits per heavy atom. The van der Waals surface area contributed by atoms with Crippen molar-refractivity contribution in [3.8, 4) is 0 Å². The number of anilines is 1. The van der Waals surface area contributed by atoms with Crippen LogP contribution in [0, 0.1) is 5.82 Å². The molecule has 0 fully saturated rings. The van der Waals surface area contributed by atoms with E-state index in [-0.39, 0.29) is 11.7 Å². The van der Waals surface area contributed by atoms with Crippen molar-refractivity contribution in [1.82, 2.24) is 4.90 Å². The highest BCUT2D eigenvalue weighted by Crippen LogP contribution is 2.15. The Hall–Kier alpha value is -2.07. The van der Waals surface area contributed by atoms with Gasteiger partial charge in [-0.05, 0) is 29.8 Å². The molecule has 2 amide bonds. The monoisotopic (exact) mass is 292 g/mol. The van der Waals surface area contributed by atoms with Crippen molar-refractivity contribution in [3.05, 3.63) is 64.9 Å². The molecule has 20 heavy (non-hydrogen) atoms. The molecule has 0 saturated heterocycles. The molecule has 0 heterocycles. The number of urea groups is 1. The van der Waals surface area contributed by atoms with E-state index in [1.165, 1.54) is 17.0 Å². The van der Waals surface area contributed by atoms with Gasteiger partial charge in [0, 0.05) is 18.6 Å². The van der Waals surface area contributed by atoms with Crippen LogP contribution in [-0.2, 0) is 6.54 Å². The van der Waals surface area contributed by atoms with Gasteiger partial charge in [0.15, 0.2) is 0 Å². The zero-order valence-corrected chi connectivity index (χ0v) is 11.7. The van der Waals surface area contributed by atoms with E-state index in [1.54, 1.807) is 31.3 Å². The predicted molar refractivity (Wildman–Crippen MR) is 78.3 cm³/mol. The molecule has 0 aliphatic heterocycles. The highest BCUT2D eigenvalue weighted by molar-refractivity contribution is 6.30. The Balaban J connectivity index is 2.01. The van der Waals surface area contributed by atoms with Crippen LogP contribution in [0.4, 0.5) is 14.9 Å². The second-order valence-corrected chi connectivity index (χ2v) is 4.83. The minimum absolute atomic E-state index is 0.162. The van der Waals surface area contributed by atoms with Gasteiger partial charge in [0.25, 0.3) is 0 Å². The fourth-order valence-electron chi connectivity index (χ4n) is 1.75. The van der Waals surface area contributed by atoms with Crippen LogP contribution >= 0.6 is 11.6 Å². The van der Waals surface area contributed by atoms with Gasteiger partial charge in [-0.2, -0.15) is 0 Å². The van der Waals surface area contributed by atoms with Crippen LogP contribution in [0.5, 0.6) is 0 Å². The molecule has 0 unspecified atom stereocenters. The number of halogens is 2. The largest absolute Gasteiger partial charge is 0.323 e. The average molecular weight is 293 g/mol. The first kappa shape index (κ1) is 14.3. The molecule has 2 rings (SSSR count). The molecule has 3 nitrogen and oxygen atoms in total. The fraction of sp³-hybridized carbons (Fsp3) is 0.133. The van der Waals surface area contributed by atoms with Gasteiger partial charge in [-0.25, -0.2) is 9.18 Å². The Bertz CT molecular complexity index is 618. The summed E-state index contributed by atoms with van der Waals surface area (Å²) in [6.07, 6.45) is 0. The van der Waals surface area contributed by atoms with E-state index >= 15 is 0 Å². The SMILES string of the molecule is CN(Cc1cccc(Cl)c1)C(=O)Nc1ccccc1F. The molecule has 2 aromatic rings. The van der Waals surface area contributed by atoms with E-state index in [0.717, 1.165) is 5.56 Å². The number of benzene rings is 2. The summed E-state index contributed by atoms with van der Waals surface area (Å²) in [4.78, 5) is 13.4. The minimum atomic E-state index is -0.461. The van der Waals surface area contributed by atoms with E-state index in [1.807, 2.05) is 12.1 Å². The third kappa shape index (κ3) is 3.71. The molecule has 5 heteroatoms. The zero-order valence-electron chi connectivity index (χ0n) is 10.9. The highest BCUT2D eigenvalue weighted by atomic mass is 35.5. The summed E-state index contributed by atoms with van der Waals surface area (Å²) in [5.41, 5.74) is 1.07. The lowest BCUT2D eigenvalue weighted by molar-refractivity contribution is 0.220. The molecule has 0 aromatic heterocycles. The predicted octanol–water partition coefficient (Wildman–Crippen LogP) is 4.14. The van der Waals surface area contributed by atoms with E-state index in [2.05, 4.69) is 5.32 Å². The first-order chi connectivity index (χ1) is 9.56. The second kappa shape index (κ2) is 6.39. The molecule has 0 aliphatic rings. The van der Waals surface area contributed by atoms with Gasteiger partial charge in [-0.1, -0.05) is 35.9 Å². The second-order valence-electron chi connectivity index (χ2n) is 4.40. The van der Waals surface area contributed by atoms with Crippen LogP contribution in [0.1, 0.15) is 5.56 Å². The van der Waals surface area contributed by atoms with E-state index in [0.29, 0.717) is 11.6 Å². The number of carbonyl (C=O) groups is 1. The standard InChI is InChI=1S/C15H14ClFN2O/c1-19(10-11-5-4-6-12(16)9-11)15(20)18-14-8-3-2-7-13(14)17/h2-9H,10H2,1H3,(H,18,20). The van der Waals surface area contributed by atoms with Gasteiger partial charge in [-0.3, -0.25) is 0 Å². The molecule has 1 N–H and O–H groups in total. The van der Waals surface area contributed by atoms with Crippen LogP contribution < -0.4 is 5.32 Å². The smallest absolute Gasteiger partial charge is 0.321 e. The molecule has 0 saturated carbocycles. The van der Waals surface area contributed by atoms with Crippen molar-refractivity contribution in [2.24, 2.45) is 0 Å². The molecule has 2 aromatic carbocycles. The quantitative estimate of drug-likeness (QED) is 0.906. The molecule has 0 spiro atoms. The summed E-state index contributed by atoms with van der Waals surface area (Å²) < 4.78 is 13.4. The number of amides is 2. The van der Waals surface area contributed by atoms with E-state index < -0.39 is 5.82 Å². The molecule has 0 aliphatic carbocycles. The number of para-hydroxylation sites is 1. The van der Waals surface area contributed by atoms with Gasteiger partial charge in [0.2, 0.25) is 0 Å². The number of carbonyl (C=O) groups excluding carboxylic acids is 1. The maximum absolute atomic E-state index is 13.4. The van der Waals surface area contributed by atoms with Gasteiger partial charge in [-0.15, -0.1) is 0 Å². The number of rotatable bonds is 3. The van der Waals surface area contributed by atoms with Gasteiger partial charge >= 0.3 is 6.03 Å². The third-order valence-electron chi connectivity index (χ3n) is 2.77. The van der Waals surface area contributed by atoms with Crippen molar-refractivity contribution in [3.63, 3.8) is 0 Å². The molecule has 0 atom stereocenters. The molecular formula is C15H14ClFN2O. The normalized spacial score (nSPS) is 10.2. The first-order valence-corrected chi connectivity index (χ1v) is 6.45. The van der Waals surface area contributed by atoms with Crippen LogP contribution in [0.3, 0.4) is 0 Å². The lowest BCUT2D eigenvalue weighted by Crippen LogP contribution is -2.31. The van der Waals surface area contributed by atoms with E-state index in [4.69, 9.17) is 11.6 Å². The summed E-state index contributed by atoms with van der Waals surface area (Å²) >= 11 is 5.89. The van der Waals surface area contributed by atoms with Gasteiger partial charge in [0.05, 0.1) is 5.69 Å². The Kier molecular flexibility index (Phi) is 4.58. The average Bonchev–Trinajstić information content (AvgIpc) is 2.41. The first-order valence-electron chi connectivity index (χ1n) is 6.07. The maximum atomic E-state index is 13.4. The van der Waals surface area contributed by atoms with Crippen molar-refractivity contribution < 1.29 is 9.18 Å². The Morgan fingerprint density at radius 3 is 2.70 bits per heavy atom. The van der Waals surface area contributed by atoms with Crippen LogP contribution in [0.15, 0.2) is 48.5 Å². The lowest BCUT2D eigenvalue weighted by Gasteiger charge is -2.18. The molecule has 0 bridgehead atoms. The molecule has 0 radical (unpaired) electrons. The summed E-state index contributed by atoms with van der Waals surface area (Å²) in [5.74, 6) is -0.461. The Labute approximate surface area is 122 Å². The summed E-state index contributed by atoms with van der Waals surface area (Å²) in [7, 11) is 1.64.